The summed E-state index contributed by atoms with van der Waals surface area (Å²) in [7, 11) is 3.14. The summed E-state index contributed by atoms with van der Waals surface area (Å²) in [6.07, 6.45) is 0. The predicted octanol–water partition coefficient (Wildman–Crippen LogP) is 0.515. The first-order chi connectivity index (χ1) is 7.54. The van der Waals surface area contributed by atoms with E-state index in [0.717, 1.165) is 0 Å². The molecule has 0 spiro atoms. The molecule has 3 N–H and O–H groups in total. The number of benzene rings is 1. The predicted molar refractivity (Wildman–Crippen MR) is 65.0 cm³/mol. The lowest BCUT2D eigenvalue weighted by Crippen LogP contribution is -2.45. The molecule has 0 aliphatic carbocycles. The van der Waals surface area contributed by atoms with Gasteiger partial charge in [-0.15, -0.1) is 0 Å². The van der Waals surface area contributed by atoms with Crippen molar-refractivity contribution in [3.8, 4) is 5.75 Å². The third kappa shape index (κ3) is 3.09. The van der Waals surface area contributed by atoms with Gasteiger partial charge in [-0.3, -0.25) is 15.2 Å². The van der Waals surface area contributed by atoms with E-state index in [9.17, 15) is 4.79 Å². The first kappa shape index (κ1) is 12.3. The van der Waals surface area contributed by atoms with Gasteiger partial charge in [0, 0.05) is 12.6 Å². The van der Waals surface area contributed by atoms with E-state index >= 15 is 0 Å². The van der Waals surface area contributed by atoms with E-state index in [-0.39, 0.29) is 11.0 Å². The maximum Gasteiger partial charge on any atom is 0.269 e. The van der Waals surface area contributed by atoms with Crippen molar-refractivity contribution in [2.75, 3.05) is 14.2 Å². The van der Waals surface area contributed by atoms with Gasteiger partial charge < -0.3 is 10.5 Å². The fourth-order valence-corrected chi connectivity index (χ4v) is 1.06. The van der Waals surface area contributed by atoms with Gasteiger partial charge >= 0.3 is 0 Å². The molecule has 0 saturated carbocycles. The highest BCUT2D eigenvalue weighted by molar-refractivity contribution is 7.80. The quantitative estimate of drug-likeness (QED) is 0.581. The molecule has 0 aromatic heterocycles. The minimum absolute atomic E-state index is 0.0989. The molecule has 0 bridgehead atoms. The van der Waals surface area contributed by atoms with E-state index in [1.54, 1.807) is 38.4 Å². The molecular formula is C10H13N3O2S. The number of methoxy groups -OCH3 is 1. The molecular weight excluding hydrogens is 226 g/mol. The van der Waals surface area contributed by atoms with E-state index < -0.39 is 0 Å². The number of carbonyl (C=O) groups is 1. The lowest BCUT2D eigenvalue weighted by Gasteiger charge is -2.17. The van der Waals surface area contributed by atoms with E-state index in [2.05, 4.69) is 5.43 Å². The summed E-state index contributed by atoms with van der Waals surface area (Å²) < 4.78 is 4.99. The van der Waals surface area contributed by atoms with Crippen LogP contribution < -0.4 is 15.9 Å². The Balaban J connectivity index is 2.69. The molecule has 1 amide bonds. The largest absolute Gasteiger partial charge is 0.497 e. The van der Waals surface area contributed by atoms with Crippen molar-refractivity contribution in [2.24, 2.45) is 5.73 Å². The minimum Gasteiger partial charge on any atom is -0.497 e. The third-order valence-electron chi connectivity index (χ3n) is 1.95. The molecule has 1 aromatic carbocycles. The molecule has 0 unspecified atom stereocenters. The molecule has 1 aromatic rings. The SMILES string of the molecule is COc1ccc(C(=O)NN(C)C(N)=S)cc1. The molecule has 0 aliphatic rings. The molecule has 0 saturated heterocycles. The van der Waals surface area contributed by atoms with E-state index in [0.29, 0.717) is 11.3 Å². The molecule has 0 atom stereocenters. The monoisotopic (exact) mass is 239 g/mol. The fourth-order valence-electron chi connectivity index (χ4n) is 1.01. The van der Waals surface area contributed by atoms with Gasteiger partial charge in [0.05, 0.1) is 7.11 Å². The average Bonchev–Trinajstić information content (AvgIpc) is 2.28. The van der Waals surface area contributed by atoms with Gasteiger partial charge in [0.25, 0.3) is 5.91 Å². The summed E-state index contributed by atoms with van der Waals surface area (Å²) in [6, 6.07) is 6.72. The van der Waals surface area contributed by atoms with Crippen LogP contribution in [-0.2, 0) is 0 Å². The number of hydrogen-bond acceptors (Lipinski definition) is 3. The van der Waals surface area contributed by atoms with E-state index in [1.165, 1.54) is 5.01 Å². The zero-order valence-corrected chi connectivity index (χ0v) is 9.88. The van der Waals surface area contributed by atoms with Crippen LogP contribution in [0.25, 0.3) is 0 Å². The summed E-state index contributed by atoms with van der Waals surface area (Å²) in [4.78, 5) is 11.7. The van der Waals surface area contributed by atoms with Gasteiger partial charge in [0.2, 0.25) is 0 Å². The second kappa shape index (κ2) is 5.32. The number of amides is 1. The zero-order valence-electron chi connectivity index (χ0n) is 9.06. The first-order valence-electron chi connectivity index (χ1n) is 4.53. The Hall–Kier alpha value is -1.82. The number of carbonyl (C=O) groups excluding carboxylic acids is 1. The van der Waals surface area contributed by atoms with Gasteiger partial charge in [-0.2, -0.15) is 0 Å². The molecule has 0 aliphatic heterocycles. The summed E-state index contributed by atoms with van der Waals surface area (Å²) in [5.74, 6) is 0.414. The van der Waals surface area contributed by atoms with E-state index in [4.69, 9.17) is 22.7 Å². The van der Waals surface area contributed by atoms with Gasteiger partial charge in [0.1, 0.15) is 5.75 Å². The van der Waals surface area contributed by atoms with Crippen molar-refractivity contribution in [2.45, 2.75) is 0 Å². The molecule has 0 radical (unpaired) electrons. The van der Waals surface area contributed by atoms with Crippen LogP contribution in [0.15, 0.2) is 24.3 Å². The lowest BCUT2D eigenvalue weighted by atomic mass is 10.2. The highest BCUT2D eigenvalue weighted by Gasteiger charge is 2.08. The number of thiocarbonyl (C=S) groups is 1. The van der Waals surface area contributed by atoms with Gasteiger partial charge in [0.15, 0.2) is 5.11 Å². The Labute approximate surface area is 99.1 Å². The van der Waals surface area contributed by atoms with Crippen LogP contribution >= 0.6 is 12.2 Å². The van der Waals surface area contributed by atoms with Crippen LogP contribution in [-0.4, -0.2) is 30.2 Å². The van der Waals surface area contributed by atoms with Crippen molar-refractivity contribution in [1.82, 2.24) is 10.4 Å². The molecule has 0 fully saturated rings. The van der Waals surface area contributed by atoms with Crippen molar-refractivity contribution >= 4 is 23.2 Å². The summed E-state index contributed by atoms with van der Waals surface area (Å²) in [5, 5.41) is 1.38. The summed E-state index contributed by atoms with van der Waals surface area (Å²) in [6.45, 7) is 0. The van der Waals surface area contributed by atoms with Crippen molar-refractivity contribution < 1.29 is 9.53 Å². The van der Waals surface area contributed by atoms with Crippen LogP contribution in [0.4, 0.5) is 0 Å². The zero-order chi connectivity index (χ0) is 12.1. The molecule has 6 heteroatoms. The maximum absolute atomic E-state index is 11.7. The van der Waals surface area contributed by atoms with Crippen molar-refractivity contribution in [3.05, 3.63) is 29.8 Å². The second-order valence-corrected chi connectivity index (χ2v) is 3.48. The van der Waals surface area contributed by atoms with E-state index in [1.807, 2.05) is 0 Å². The summed E-state index contributed by atoms with van der Waals surface area (Å²) >= 11 is 4.70. The topological polar surface area (TPSA) is 67.6 Å². The Morgan fingerprint density at radius 3 is 2.44 bits per heavy atom. The number of rotatable bonds is 2. The van der Waals surface area contributed by atoms with Crippen LogP contribution in [0.2, 0.25) is 0 Å². The van der Waals surface area contributed by atoms with Crippen LogP contribution in [0.5, 0.6) is 5.75 Å². The normalized spacial score (nSPS) is 9.38. The molecule has 1 rings (SSSR count). The number of nitrogens with one attached hydrogen (secondary N) is 1. The Morgan fingerprint density at radius 1 is 1.44 bits per heavy atom. The van der Waals surface area contributed by atoms with Crippen LogP contribution in [0.1, 0.15) is 10.4 Å². The Morgan fingerprint density at radius 2 is 2.00 bits per heavy atom. The minimum atomic E-state index is -0.280. The number of nitrogens with two attached hydrogens (primary N) is 1. The summed E-state index contributed by atoms with van der Waals surface area (Å²) in [5.41, 5.74) is 8.35. The number of hydrazine groups is 1. The standard InChI is InChI=1S/C10H13N3O2S/c1-13(10(11)16)12-9(14)7-3-5-8(15-2)6-4-7/h3-6H,1-2H3,(H2,11,16)(H,12,14). The molecule has 0 heterocycles. The van der Waals surface area contributed by atoms with Crippen LogP contribution in [0.3, 0.4) is 0 Å². The molecule has 16 heavy (non-hydrogen) atoms. The third-order valence-corrected chi connectivity index (χ3v) is 2.23. The number of nitrogens with zero attached hydrogens (tertiary/aromatic N) is 1. The second-order valence-electron chi connectivity index (χ2n) is 3.07. The highest BCUT2D eigenvalue weighted by atomic mass is 32.1. The van der Waals surface area contributed by atoms with Gasteiger partial charge in [-0.1, -0.05) is 0 Å². The lowest BCUT2D eigenvalue weighted by molar-refractivity contribution is 0.0888. The molecule has 5 nitrogen and oxygen atoms in total. The Kier molecular flexibility index (Phi) is 4.07. The Bertz CT molecular complexity index is 392. The van der Waals surface area contributed by atoms with Crippen molar-refractivity contribution in [1.29, 1.82) is 0 Å². The van der Waals surface area contributed by atoms with Gasteiger partial charge in [-0.25, -0.2) is 0 Å². The first-order valence-corrected chi connectivity index (χ1v) is 4.93. The highest BCUT2D eigenvalue weighted by Crippen LogP contribution is 2.10. The number of ether oxygens (including phenoxy) is 1. The average molecular weight is 239 g/mol. The smallest absolute Gasteiger partial charge is 0.269 e. The molecule has 86 valence electrons. The number of hydrogen-bond donors (Lipinski definition) is 2. The van der Waals surface area contributed by atoms with Crippen LogP contribution in [0, 0.1) is 0 Å². The van der Waals surface area contributed by atoms with Gasteiger partial charge in [-0.05, 0) is 36.5 Å². The van der Waals surface area contributed by atoms with Crippen molar-refractivity contribution in [3.63, 3.8) is 0 Å². The maximum atomic E-state index is 11.7. The fraction of sp³-hybridized carbons (Fsp3) is 0.200.